The van der Waals surface area contributed by atoms with E-state index in [2.05, 4.69) is 25.7 Å². The highest BCUT2D eigenvalue weighted by molar-refractivity contribution is 14.1. The smallest absolute Gasteiger partial charge is 0.403 e. The molecule has 0 amide bonds. The monoisotopic (exact) mass is 420 g/mol. The molecule has 1 aromatic heterocycles. The molecule has 1 heterocycles. The summed E-state index contributed by atoms with van der Waals surface area (Å²) in [6, 6.07) is 3.21. The number of ether oxygens (including phenoxy) is 1. The summed E-state index contributed by atoms with van der Waals surface area (Å²) >= 11 is 4.80. The Kier molecular flexibility index (Phi) is 5.00. The van der Waals surface area contributed by atoms with E-state index in [9.17, 15) is 13.2 Å². The first-order valence-electron chi connectivity index (χ1n) is 4.24. The number of hydrogen-bond acceptors (Lipinski definition) is 3. The summed E-state index contributed by atoms with van der Waals surface area (Å²) in [4.78, 5) is 3.92. The summed E-state index contributed by atoms with van der Waals surface area (Å²) in [5.41, 5.74) is 0.729. The number of pyridine rings is 1. The molecular formula is C9H5BrF3IN2O. The number of halogens is 5. The van der Waals surface area contributed by atoms with Crippen molar-refractivity contribution >= 4 is 38.5 Å². The highest BCUT2D eigenvalue weighted by Crippen LogP contribution is 2.31. The SMILES string of the molecule is N#CCc1cc(CBr)nc(I)c1OC(F)(F)F. The van der Waals surface area contributed by atoms with Crippen LogP contribution in [0.3, 0.4) is 0 Å². The lowest BCUT2D eigenvalue weighted by atomic mass is 10.1. The van der Waals surface area contributed by atoms with Crippen molar-refractivity contribution < 1.29 is 17.9 Å². The summed E-state index contributed by atoms with van der Waals surface area (Å²) in [6.45, 7) is 0. The average Bonchev–Trinajstić information content (AvgIpc) is 2.21. The molecule has 0 spiro atoms. The largest absolute Gasteiger partial charge is 0.573 e. The molecular weight excluding hydrogens is 416 g/mol. The lowest BCUT2D eigenvalue weighted by Gasteiger charge is -2.14. The van der Waals surface area contributed by atoms with Gasteiger partial charge in [0.25, 0.3) is 0 Å². The molecule has 0 aliphatic heterocycles. The second kappa shape index (κ2) is 5.86. The van der Waals surface area contributed by atoms with Gasteiger partial charge >= 0.3 is 6.36 Å². The van der Waals surface area contributed by atoms with Crippen molar-refractivity contribution in [1.82, 2.24) is 4.98 Å². The fraction of sp³-hybridized carbons (Fsp3) is 0.333. The van der Waals surface area contributed by atoms with Crippen LogP contribution in [0.15, 0.2) is 6.07 Å². The maximum Gasteiger partial charge on any atom is 0.573 e. The van der Waals surface area contributed by atoms with Crippen molar-refractivity contribution in [2.24, 2.45) is 0 Å². The summed E-state index contributed by atoms with van der Waals surface area (Å²) < 4.78 is 40.5. The Morgan fingerprint density at radius 2 is 2.18 bits per heavy atom. The van der Waals surface area contributed by atoms with E-state index in [-0.39, 0.29) is 15.7 Å². The van der Waals surface area contributed by atoms with Crippen molar-refractivity contribution in [2.75, 3.05) is 0 Å². The standard InChI is InChI=1S/C9H5BrF3IN2O/c10-4-6-3-5(1-2-15)7(8(14)16-6)17-9(11,12)13/h3H,1,4H2. The minimum atomic E-state index is -4.79. The third-order valence-corrected chi connectivity index (χ3v) is 2.99. The Balaban J connectivity index is 3.22. The van der Waals surface area contributed by atoms with E-state index in [1.807, 2.05) is 0 Å². The Morgan fingerprint density at radius 3 is 2.65 bits per heavy atom. The summed E-state index contributed by atoms with van der Waals surface area (Å²) in [5.74, 6) is -0.399. The number of nitrogens with zero attached hydrogens (tertiary/aromatic N) is 2. The fourth-order valence-electron chi connectivity index (χ4n) is 1.12. The summed E-state index contributed by atoms with van der Waals surface area (Å²) in [6.07, 6.45) is -4.95. The summed E-state index contributed by atoms with van der Waals surface area (Å²) in [7, 11) is 0. The van der Waals surface area contributed by atoms with Gasteiger partial charge in [-0.3, -0.25) is 0 Å². The third-order valence-electron chi connectivity index (χ3n) is 1.69. The quantitative estimate of drug-likeness (QED) is 0.427. The van der Waals surface area contributed by atoms with Gasteiger partial charge in [-0.15, -0.1) is 13.2 Å². The zero-order valence-electron chi connectivity index (χ0n) is 8.18. The van der Waals surface area contributed by atoms with Crippen LogP contribution >= 0.6 is 38.5 Å². The molecule has 0 aliphatic carbocycles. The van der Waals surface area contributed by atoms with E-state index in [4.69, 9.17) is 5.26 Å². The predicted molar refractivity (Wildman–Crippen MR) is 65.6 cm³/mol. The molecule has 17 heavy (non-hydrogen) atoms. The third kappa shape index (κ3) is 4.31. The van der Waals surface area contributed by atoms with E-state index < -0.39 is 12.1 Å². The van der Waals surface area contributed by atoms with Crippen LogP contribution in [0.25, 0.3) is 0 Å². The van der Waals surface area contributed by atoms with Crippen molar-refractivity contribution in [1.29, 1.82) is 5.26 Å². The number of rotatable bonds is 3. The van der Waals surface area contributed by atoms with Crippen LogP contribution in [-0.4, -0.2) is 11.3 Å². The van der Waals surface area contributed by atoms with Gasteiger partial charge in [0.1, 0.15) is 3.70 Å². The molecule has 8 heteroatoms. The van der Waals surface area contributed by atoms with Crippen LogP contribution in [-0.2, 0) is 11.8 Å². The van der Waals surface area contributed by atoms with Gasteiger partial charge in [0.05, 0.1) is 18.2 Å². The van der Waals surface area contributed by atoms with Crippen LogP contribution < -0.4 is 4.74 Å². The topological polar surface area (TPSA) is 45.9 Å². The van der Waals surface area contributed by atoms with E-state index in [1.165, 1.54) is 6.07 Å². The van der Waals surface area contributed by atoms with Gasteiger partial charge in [-0.2, -0.15) is 5.26 Å². The highest BCUT2D eigenvalue weighted by Gasteiger charge is 2.33. The molecule has 0 saturated heterocycles. The molecule has 0 radical (unpaired) electrons. The van der Waals surface area contributed by atoms with Gasteiger partial charge in [0.2, 0.25) is 0 Å². The number of hydrogen-bond donors (Lipinski definition) is 0. The molecule has 0 N–H and O–H groups in total. The van der Waals surface area contributed by atoms with E-state index >= 15 is 0 Å². The molecule has 0 unspecified atom stereocenters. The molecule has 0 bridgehead atoms. The molecule has 0 atom stereocenters. The number of nitriles is 1. The average molecular weight is 421 g/mol. The molecule has 1 aromatic rings. The molecule has 0 aliphatic rings. The Labute approximate surface area is 117 Å². The molecule has 0 fully saturated rings. The normalized spacial score (nSPS) is 11.1. The maximum atomic E-state index is 12.2. The Hall–Kier alpha value is -0.560. The lowest BCUT2D eigenvalue weighted by Crippen LogP contribution is -2.19. The molecule has 0 aromatic carbocycles. The van der Waals surface area contributed by atoms with Crippen LogP contribution in [0.2, 0.25) is 0 Å². The number of alkyl halides is 4. The highest BCUT2D eigenvalue weighted by atomic mass is 127. The zero-order chi connectivity index (χ0) is 13.1. The molecule has 1 rings (SSSR count). The zero-order valence-corrected chi connectivity index (χ0v) is 11.9. The minimum absolute atomic E-state index is 0.0853. The first kappa shape index (κ1) is 14.5. The van der Waals surface area contributed by atoms with Gasteiger partial charge in [0.15, 0.2) is 5.75 Å². The van der Waals surface area contributed by atoms with Crippen molar-refractivity contribution in [2.45, 2.75) is 18.1 Å². The number of aromatic nitrogens is 1. The fourth-order valence-corrected chi connectivity index (χ4v) is 2.17. The van der Waals surface area contributed by atoms with Crippen LogP contribution in [0.5, 0.6) is 5.75 Å². The van der Waals surface area contributed by atoms with Gasteiger partial charge < -0.3 is 4.74 Å². The van der Waals surface area contributed by atoms with E-state index in [1.54, 1.807) is 28.7 Å². The Morgan fingerprint density at radius 1 is 1.53 bits per heavy atom. The molecule has 0 saturated carbocycles. The van der Waals surface area contributed by atoms with Crippen molar-refractivity contribution in [3.05, 3.63) is 21.0 Å². The van der Waals surface area contributed by atoms with Crippen LogP contribution in [0.1, 0.15) is 11.3 Å². The predicted octanol–water partition coefficient (Wildman–Crippen LogP) is 3.55. The Bertz CT molecular complexity index is 459. The second-order valence-electron chi connectivity index (χ2n) is 2.91. The first-order valence-corrected chi connectivity index (χ1v) is 6.44. The molecule has 92 valence electrons. The molecule has 3 nitrogen and oxygen atoms in total. The second-order valence-corrected chi connectivity index (χ2v) is 4.49. The summed E-state index contributed by atoms with van der Waals surface area (Å²) in [5, 5.41) is 8.97. The van der Waals surface area contributed by atoms with Crippen LogP contribution in [0, 0.1) is 15.0 Å². The minimum Gasteiger partial charge on any atom is -0.403 e. The van der Waals surface area contributed by atoms with Crippen molar-refractivity contribution in [3.63, 3.8) is 0 Å². The first-order chi connectivity index (χ1) is 7.87. The van der Waals surface area contributed by atoms with Gasteiger partial charge in [-0.1, -0.05) is 15.9 Å². The van der Waals surface area contributed by atoms with Crippen molar-refractivity contribution in [3.8, 4) is 11.8 Å². The van der Waals surface area contributed by atoms with Gasteiger partial charge in [-0.05, 0) is 28.7 Å². The van der Waals surface area contributed by atoms with Gasteiger partial charge in [0, 0.05) is 10.9 Å². The van der Waals surface area contributed by atoms with Gasteiger partial charge in [-0.25, -0.2) is 4.98 Å². The van der Waals surface area contributed by atoms with E-state index in [0.717, 1.165) is 0 Å². The lowest BCUT2D eigenvalue weighted by molar-refractivity contribution is -0.275. The van der Waals surface area contributed by atoms with E-state index in [0.29, 0.717) is 11.0 Å². The van der Waals surface area contributed by atoms with Crippen LogP contribution in [0.4, 0.5) is 13.2 Å². The maximum absolute atomic E-state index is 12.2.